The number of aryl methyl sites for hydroxylation is 2. The van der Waals surface area contributed by atoms with Gasteiger partial charge in [-0.2, -0.15) is 0 Å². The van der Waals surface area contributed by atoms with Crippen molar-refractivity contribution in [1.29, 1.82) is 0 Å². The van der Waals surface area contributed by atoms with Gasteiger partial charge in [0.2, 0.25) is 0 Å². The van der Waals surface area contributed by atoms with Crippen molar-refractivity contribution >= 4 is 0 Å². The van der Waals surface area contributed by atoms with Gasteiger partial charge in [0, 0.05) is 25.0 Å². The minimum atomic E-state index is -0.143. The summed E-state index contributed by atoms with van der Waals surface area (Å²) in [6, 6.07) is 0.562. The van der Waals surface area contributed by atoms with Gasteiger partial charge in [-0.25, -0.2) is 9.78 Å². The molecule has 96 valence electrons. The van der Waals surface area contributed by atoms with Crippen molar-refractivity contribution in [3.63, 3.8) is 0 Å². The average Bonchev–Trinajstić information content (AvgIpc) is 2.29. The normalized spacial score (nSPS) is 12.6. The molecule has 0 saturated heterocycles. The van der Waals surface area contributed by atoms with Crippen LogP contribution in [-0.4, -0.2) is 22.1 Å². The maximum atomic E-state index is 11.4. The lowest BCUT2D eigenvalue weighted by Crippen LogP contribution is -2.26. The molecule has 1 N–H and O–H groups in total. The number of aromatic nitrogens is 2. The Labute approximate surface area is 103 Å². The lowest BCUT2D eigenvalue weighted by atomic mass is 10.1. The van der Waals surface area contributed by atoms with E-state index in [1.54, 1.807) is 10.8 Å². The van der Waals surface area contributed by atoms with Crippen molar-refractivity contribution in [2.45, 2.75) is 52.6 Å². The maximum absolute atomic E-state index is 11.4. The quantitative estimate of drug-likeness (QED) is 0.735. The Balaban J connectivity index is 2.31. The molecule has 1 atom stereocenters. The van der Waals surface area contributed by atoms with Gasteiger partial charge in [-0.15, -0.1) is 0 Å². The average molecular weight is 237 g/mol. The number of unbranched alkanes of at least 4 members (excludes halogenated alkanes) is 1. The number of nitrogens with zero attached hydrogens (tertiary/aromatic N) is 2. The van der Waals surface area contributed by atoms with Gasteiger partial charge in [0.25, 0.3) is 0 Å². The second-order valence-corrected chi connectivity index (χ2v) is 4.56. The fourth-order valence-corrected chi connectivity index (χ4v) is 1.91. The van der Waals surface area contributed by atoms with Gasteiger partial charge in [-0.1, -0.05) is 13.3 Å². The van der Waals surface area contributed by atoms with Crippen LogP contribution in [0, 0.1) is 6.92 Å². The molecule has 0 bridgehead atoms. The topological polar surface area (TPSA) is 46.9 Å². The number of rotatable bonds is 7. The Bertz CT molecular complexity index is 386. The standard InChI is InChI=1S/C13H23N3O/c1-4-14-12(3)7-5-6-8-16-10-11(2)9-15-13(16)17/h9-10,12,14H,4-8H2,1-3H3. The molecule has 0 saturated carbocycles. The lowest BCUT2D eigenvalue weighted by Gasteiger charge is -2.12. The van der Waals surface area contributed by atoms with E-state index in [1.165, 1.54) is 0 Å². The molecule has 0 amide bonds. The summed E-state index contributed by atoms with van der Waals surface area (Å²) in [6.07, 6.45) is 6.81. The Morgan fingerprint density at radius 2 is 2.24 bits per heavy atom. The van der Waals surface area contributed by atoms with E-state index in [9.17, 15) is 4.79 Å². The van der Waals surface area contributed by atoms with E-state index in [2.05, 4.69) is 24.1 Å². The number of hydrogen-bond donors (Lipinski definition) is 1. The first-order valence-electron chi connectivity index (χ1n) is 6.40. The van der Waals surface area contributed by atoms with Gasteiger partial charge in [0.05, 0.1) is 0 Å². The van der Waals surface area contributed by atoms with Crippen LogP contribution in [0.2, 0.25) is 0 Å². The first-order valence-corrected chi connectivity index (χ1v) is 6.40. The molecule has 0 aliphatic heterocycles. The zero-order valence-electron chi connectivity index (χ0n) is 11.1. The third-order valence-corrected chi connectivity index (χ3v) is 2.82. The first kappa shape index (κ1) is 13.9. The molecule has 1 aromatic rings. The molecular weight excluding hydrogens is 214 g/mol. The molecule has 4 heteroatoms. The molecule has 0 aliphatic carbocycles. The van der Waals surface area contributed by atoms with Crippen LogP contribution in [0.1, 0.15) is 38.7 Å². The molecule has 0 aliphatic rings. The van der Waals surface area contributed by atoms with Gasteiger partial charge in [-0.3, -0.25) is 4.57 Å². The summed E-state index contributed by atoms with van der Waals surface area (Å²) < 4.78 is 1.70. The van der Waals surface area contributed by atoms with Crippen LogP contribution in [0.5, 0.6) is 0 Å². The Morgan fingerprint density at radius 1 is 1.47 bits per heavy atom. The van der Waals surface area contributed by atoms with Crippen molar-refractivity contribution in [3.8, 4) is 0 Å². The summed E-state index contributed by atoms with van der Waals surface area (Å²) in [5.74, 6) is 0. The zero-order valence-corrected chi connectivity index (χ0v) is 11.1. The highest BCUT2D eigenvalue weighted by Crippen LogP contribution is 2.02. The molecule has 1 heterocycles. The van der Waals surface area contributed by atoms with Crippen LogP contribution in [0.3, 0.4) is 0 Å². The van der Waals surface area contributed by atoms with E-state index in [-0.39, 0.29) is 5.69 Å². The van der Waals surface area contributed by atoms with Crippen molar-refractivity contribution in [2.75, 3.05) is 6.54 Å². The van der Waals surface area contributed by atoms with Crippen LogP contribution in [0.15, 0.2) is 17.2 Å². The zero-order chi connectivity index (χ0) is 12.7. The molecule has 17 heavy (non-hydrogen) atoms. The highest BCUT2D eigenvalue weighted by Gasteiger charge is 2.01. The highest BCUT2D eigenvalue weighted by atomic mass is 16.1. The monoisotopic (exact) mass is 237 g/mol. The Morgan fingerprint density at radius 3 is 2.94 bits per heavy atom. The molecule has 4 nitrogen and oxygen atoms in total. The van der Waals surface area contributed by atoms with Crippen molar-refractivity contribution in [1.82, 2.24) is 14.9 Å². The summed E-state index contributed by atoms with van der Waals surface area (Å²) in [4.78, 5) is 15.3. The molecule has 1 unspecified atom stereocenters. The van der Waals surface area contributed by atoms with E-state index in [1.807, 2.05) is 13.1 Å². The van der Waals surface area contributed by atoms with Crippen molar-refractivity contribution < 1.29 is 0 Å². The predicted molar refractivity (Wildman–Crippen MR) is 70.2 cm³/mol. The Kier molecular flexibility index (Phi) is 5.91. The van der Waals surface area contributed by atoms with Crippen LogP contribution < -0.4 is 11.0 Å². The number of hydrogen-bond acceptors (Lipinski definition) is 3. The van der Waals surface area contributed by atoms with Gasteiger partial charge >= 0.3 is 5.69 Å². The van der Waals surface area contributed by atoms with E-state index in [4.69, 9.17) is 0 Å². The van der Waals surface area contributed by atoms with Gasteiger partial charge in [-0.05, 0) is 38.8 Å². The summed E-state index contributed by atoms with van der Waals surface area (Å²) in [5.41, 5.74) is 0.890. The smallest absolute Gasteiger partial charge is 0.315 e. The van der Waals surface area contributed by atoms with Crippen LogP contribution in [0.4, 0.5) is 0 Å². The summed E-state index contributed by atoms with van der Waals surface area (Å²) in [6.45, 7) is 8.06. The van der Waals surface area contributed by atoms with Crippen LogP contribution in [0.25, 0.3) is 0 Å². The summed E-state index contributed by atoms with van der Waals surface area (Å²) in [7, 11) is 0. The predicted octanol–water partition coefficient (Wildman–Crippen LogP) is 1.72. The third kappa shape index (κ3) is 5.13. The minimum absolute atomic E-state index is 0.143. The van der Waals surface area contributed by atoms with E-state index < -0.39 is 0 Å². The highest BCUT2D eigenvalue weighted by molar-refractivity contribution is 4.99. The first-order chi connectivity index (χ1) is 8.13. The van der Waals surface area contributed by atoms with E-state index in [0.717, 1.165) is 37.9 Å². The molecule has 0 fully saturated rings. The lowest BCUT2D eigenvalue weighted by molar-refractivity contribution is 0.480. The summed E-state index contributed by atoms with van der Waals surface area (Å²) >= 11 is 0. The largest absolute Gasteiger partial charge is 0.347 e. The van der Waals surface area contributed by atoms with Gasteiger partial charge in [0.1, 0.15) is 0 Å². The fraction of sp³-hybridized carbons (Fsp3) is 0.692. The van der Waals surface area contributed by atoms with Crippen LogP contribution in [-0.2, 0) is 6.54 Å². The van der Waals surface area contributed by atoms with Crippen molar-refractivity contribution in [2.24, 2.45) is 0 Å². The Hall–Kier alpha value is -1.16. The van der Waals surface area contributed by atoms with E-state index in [0.29, 0.717) is 6.04 Å². The minimum Gasteiger partial charge on any atom is -0.315 e. The summed E-state index contributed by atoms with van der Waals surface area (Å²) in [5, 5.41) is 3.38. The fourth-order valence-electron chi connectivity index (χ4n) is 1.91. The SMILES string of the molecule is CCNC(C)CCCCn1cc(C)cnc1=O. The number of nitrogens with one attached hydrogen (secondary N) is 1. The third-order valence-electron chi connectivity index (χ3n) is 2.82. The molecule has 1 aromatic heterocycles. The van der Waals surface area contributed by atoms with Gasteiger partial charge in [0.15, 0.2) is 0 Å². The molecule has 0 spiro atoms. The van der Waals surface area contributed by atoms with Crippen molar-refractivity contribution in [3.05, 3.63) is 28.4 Å². The van der Waals surface area contributed by atoms with Gasteiger partial charge < -0.3 is 5.32 Å². The molecule has 1 rings (SSSR count). The molecule has 0 radical (unpaired) electrons. The second kappa shape index (κ2) is 7.22. The maximum Gasteiger partial charge on any atom is 0.347 e. The molecular formula is C13H23N3O. The molecule has 0 aromatic carbocycles. The second-order valence-electron chi connectivity index (χ2n) is 4.56. The van der Waals surface area contributed by atoms with E-state index >= 15 is 0 Å². The van der Waals surface area contributed by atoms with Crippen LogP contribution >= 0.6 is 0 Å².